The normalized spacial score (nSPS) is 21.1. The van der Waals surface area contributed by atoms with Crippen molar-refractivity contribution in [3.8, 4) is 0 Å². The maximum atomic E-state index is 11.4. The average Bonchev–Trinajstić information content (AvgIpc) is 2.13. The Bertz CT molecular complexity index is 255. The summed E-state index contributed by atoms with van der Waals surface area (Å²) in [5.74, 6) is -0.791. The van der Waals surface area contributed by atoms with E-state index in [4.69, 9.17) is 0 Å². The molecule has 1 amide bonds. The van der Waals surface area contributed by atoms with Gasteiger partial charge in [-0.2, -0.15) is 0 Å². The van der Waals surface area contributed by atoms with Gasteiger partial charge in [-0.05, 0) is 27.9 Å². The second kappa shape index (κ2) is 3.35. The van der Waals surface area contributed by atoms with Crippen LogP contribution in [0.4, 0.5) is 0 Å². The first kappa shape index (κ1) is 10.0. The molecule has 0 radical (unpaired) electrons. The highest BCUT2D eigenvalue weighted by Crippen LogP contribution is 2.09. The Balaban J connectivity index is 2.95. The summed E-state index contributed by atoms with van der Waals surface area (Å²) in [7, 11) is 3.52. The van der Waals surface area contributed by atoms with Crippen LogP contribution in [0.5, 0.6) is 0 Å². The molecule has 0 aromatic carbocycles. The lowest BCUT2D eigenvalue weighted by Crippen LogP contribution is -2.75. The molecule has 1 aliphatic rings. The topological polar surface area (TPSA) is 65.2 Å². The summed E-state index contributed by atoms with van der Waals surface area (Å²) in [6.07, 6.45) is 0. The minimum Gasteiger partial charge on any atom is -0.341 e. The monoisotopic (exact) mass is 184 g/mol. The molecule has 13 heavy (non-hydrogen) atoms. The Labute approximate surface area is 78.0 Å². The fraction of sp³-hybridized carbons (Fsp3) is 0.625. The maximum absolute atomic E-state index is 11.4. The second-order valence-corrected chi connectivity index (χ2v) is 3.08. The van der Waals surface area contributed by atoms with E-state index in [2.05, 4.69) is 21.3 Å². The second-order valence-electron chi connectivity index (χ2n) is 3.08. The van der Waals surface area contributed by atoms with Gasteiger partial charge in [0.05, 0.1) is 0 Å². The third kappa shape index (κ3) is 1.66. The van der Waals surface area contributed by atoms with E-state index in [1.165, 1.54) is 0 Å². The van der Waals surface area contributed by atoms with Crippen LogP contribution in [-0.4, -0.2) is 25.9 Å². The zero-order valence-electron chi connectivity index (χ0n) is 8.41. The highest BCUT2D eigenvalue weighted by molar-refractivity contribution is 5.94. The lowest BCUT2D eigenvalue weighted by molar-refractivity contribution is -0.121. The van der Waals surface area contributed by atoms with Gasteiger partial charge in [0.2, 0.25) is 5.91 Å². The first-order valence-electron chi connectivity index (χ1n) is 4.20. The van der Waals surface area contributed by atoms with Crippen LogP contribution in [0.1, 0.15) is 13.8 Å². The summed E-state index contributed by atoms with van der Waals surface area (Å²) in [5.41, 5.74) is 1.58. The fourth-order valence-electron chi connectivity index (χ4n) is 1.22. The van der Waals surface area contributed by atoms with Gasteiger partial charge in [-0.1, -0.05) is 0 Å². The Morgan fingerprint density at radius 2 is 1.69 bits per heavy atom. The summed E-state index contributed by atoms with van der Waals surface area (Å²) in [6, 6.07) is 0. The molecule has 0 atom stereocenters. The Hall–Kier alpha value is -1.07. The predicted octanol–water partition coefficient (Wildman–Crippen LogP) is -0.950. The summed E-state index contributed by atoms with van der Waals surface area (Å²) < 4.78 is 0. The van der Waals surface area contributed by atoms with Crippen molar-refractivity contribution in [2.24, 2.45) is 0 Å². The van der Waals surface area contributed by atoms with Crippen molar-refractivity contribution >= 4 is 5.91 Å². The molecule has 1 rings (SSSR count). The highest BCUT2D eigenvalue weighted by atomic mass is 16.2. The molecule has 0 unspecified atom stereocenters. The molecule has 0 aliphatic carbocycles. The van der Waals surface area contributed by atoms with Crippen LogP contribution < -0.4 is 21.3 Å². The van der Waals surface area contributed by atoms with Gasteiger partial charge in [0.15, 0.2) is 0 Å². The molecule has 1 aliphatic heterocycles. The third-order valence-electron chi connectivity index (χ3n) is 2.33. The summed E-state index contributed by atoms with van der Waals surface area (Å²) >= 11 is 0. The van der Waals surface area contributed by atoms with Gasteiger partial charge in [-0.25, -0.2) is 0 Å². The third-order valence-corrected chi connectivity index (χ3v) is 2.33. The van der Waals surface area contributed by atoms with E-state index in [0.717, 1.165) is 5.70 Å². The van der Waals surface area contributed by atoms with Crippen LogP contribution in [0, 0.1) is 0 Å². The van der Waals surface area contributed by atoms with Gasteiger partial charge in [-0.3, -0.25) is 15.4 Å². The molecule has 0 spiro atoms. The number of hydrogen-bond acceptors (Lipinski definition) is 4. The Morgan fingerprint density at radius 1 is 1.15 bits per heavy atom. The molecular weight excluding hydrogens is 168 g/mol. The standard InChI is InChI=1S/C8H16N4O/c1-5-6(2)11-8(9-3,10-4)12-7(5)13/h9-11H,1-4H3,(H,12,13). The zero-order valence-corrected chi connectivity index (χ0v) is 8.41. The van der Waals surface area contributed by atoms with Crippen LogP contribution in [-0.2, 0) is 4.79 Å². The number of carbonyl (C=O) groups excluding carboxylic acids is 1. The Kier molecular flexibility index (Phi) is 2.58. The van der Waals surface area contributed by atoms with Gasteiger partial charge in [0.25, 0.3) is 5.91 Å². The summed E-state index contributed by atoms with van der Waals surface area (Å²) in [5, 5.41) is 11.8. The molecule has 0 bridgehead atoms. The van der Waals surface area contributed by atoms with Crippen LogP contribution in [0.25, 0.3) is 0 Å². The largest absolute Gasteiger partial charge is 0.341 e. The molecule has 0 aromatic heterocycles. The quantitative estimate of drug-likeness (QED) is 0.418. The van der Waals surface area contributed by atoms with Crippen molar-refractivity contribution in [3.05, 3.63) is 11.3 Å². The smallest absolute Gasteiger partial charge is 0.252 e. The number of nitrogens with one attached hydrogen (secondary N) is 4. The average molecular weight is 184 g/mol. The van der Waals surface area contributed by atoms with Crippen LogP contribution in [0.3, 0.4) is 0 Å². The van der Waals surface area contributed by atoms with Gasteiger partial charge in [0, 0.05) is 11.3 Å². The highest BCUT2D eigenvalue weighted by Gasteiger charge is 2.33. The maximum Gasteiger partial charge on any atom is 0.252 e. The first-order chi connectivity index (χ1) is 6.04. The predicted molar refractivity (Wildman–Crippen MR) is 50.5 cm³/mol. The molecule has 4 N–H and O–H groups in total. The number of hydrogen-bond donors (Lipinski definition) is 4. The van der Waals surface area contributed by atoms with Gasteiger partial charge < -0.3 is 10.6 Å². The Morgan fingerprint density at radius 3 is 2.08 bits per heavy atom. The van der Waals surface area contributed by atoms with Gasteiger partial charge in [-0.15, -0.1) is 0 Å². The number of amides is 1. The first-order valence-corrected chi connectivity index (χ1v) is 4.20. The van der Waals surface area contributed by atoms with Gasteiger partial charge in [0.1, 0.15) is 0 Å². The molecule has 5 heteroatoms. The zero-order chi connectivity index (χ0) is 10.1. The van der Waals surface area contributed by atoms with Crippen LogP contribution in [0.2, 0.25) is 0 Å². The van der Waals surface area contributed by atoms with E-state index in [1.807, 2.05) is 6.92 Å². The van der Waals surface area contributed by atoms with Crippen molar-refractivity contribution in [2.45, 2.75) is 19.8 Å². The summed E-state index contributed by atoms with van der Waals surface area (Å²) in [6.45, 7) is 3.66. The molecule has 0 saturated carbocycles. The van der Waals surface area contributed by atoms with E-state index in [1.54, 1.807) is 21.0 Å². The number of carbonyl (C=O) groups is 1. The molecule has 0 fully saturated rings. The molecular formula is C8H16N4O. The van der Waals surface area contributed by atoms with E-state index >= 15 is 0 Å². The van der Waals surface area contributed by atoms with Gasteiger partial charge >= 0.3 is 0 Å². The SMILES string of the molecule is CNC1(NC)NC(=O)C(C)=C(C)N1. The minimum atomic E-state index is -0.722. The van der Waals surface area contributed by atoms with Crippen molar-refractivity contribution in [1.82, 2.24) is 21.3 Å². The lowest BCUT2D eigenvalue weighted by atomic mass is 10.2. The van der Waals surface area contributed by atoms with E-state index in [9.17, 15) is 4.79 Å². The summed E-state index contributed by atoms with van der Waals surface area (Å²) in [4.78, 5) is 11.4. The van der Waals surface area contributed by atoms with Crippen molar-refractivity contribution in [2.75, 3.05) is 14.1 Å². The van der Waals surface area contributed by atoms with E-state index < -0.39 is 5.91 Å². The molecule has 5 nitrogen and oxygen atoms in total. The molecule has 0 saturated heterocycles. The lowest BCUT2D eigenvalue weighted by Gasteiger charge is -2.39. The molecule has 0 aromatic rings. The van der Waals surface area contributed by atoms with Crippen molar-refractivity contribution in [1.29, 1.82) is 0 Å². The fourth-order valence-corrected chi connectivity index (χ4v) is 1.22. The minimum absolute atomic E-state index is 0.0695. The van der Waals surface area contributed by atoms with Crippen LogP contribution >= 0.6 is 0 Å². The van der Waals surface area contributed by atoms with Crippen LogP contribution in [0.15, 0.2) is 11.3 Å². The van der Waals surface area contributed by atoms with E-state index in [-0.39, 0.29) is 5.91 Å². The molecule has 74 valence electrons. The molecule has 1 heterocycles. The van der Waals surface area contributed by atoms with E-state index in [0.29, 0.717) is 5.57 Å². The number of rotatable bonds is 2. The van der Waals surface area contributed by atoms with Crippen molar-refractivity contribution < 1.29 is 4.79 Å². The van der Waals surface area contributed by atoms with Crippen molar-refractivity contribution in [3.63, 3.8) is 0 Å². The number of allylic oxidation sites excluding steroid dienone is 1.